The van der Waals surface area contributed by atoms with Crippen molar-refractivity contribution in [2.75, 3.05) is 14.2 Å². The fraction of sp³-hybridized carbons (Fsp3) is 0.333. The lowest BCUT2D eigenvalue weighted by Crippen LogP contribution is -2.23. The molecule has 138 valence electrons. The van der Waals surface area contributed by atoms with E-state index >= 15 is 0 Å². The van der Waals surface area contributed by atoms with Gasteiger partial charge in [-0.3, -0.25) is 9.59 Å². The van der Waals surface area contributed by atoms with E-state index in [0.29, 0.717) is 17.9 Å². The van der Waals surface area contributed by atoms with Gasteiger partial charge in [0.15, 0.2) is 0 Å². The Morgan fingerprint density at radius 2 is 1.69 bits per heavy atom. The molecule has 0 heterocycles. The summed E-state index contributed by atoms with van der Waals surface area (Å²) < 4.78 is 10.4. The molecular formula is C21H25NO4. The Morgan fingerprint density at radius 1 is 1.00 bits per heavy atom. The zero-order chi connectivity index (χ0) is 19.1. The second kappa shape index (κ2) is 9.04. The van der Waals surface area contributed by atoms with Crippen LogP contribution in [0.25, 0.3) is 0 Å². The Bertz CT molecular complexity index is 766. The summed E-state index contributed by atoms with van der Waals surface area (Å²) in [7, 11) is 3.17. The van der Waals surface area contributed by atoms with Crippen LogP contribution in [-0.4, -0.2) is 25.9 Å². The molecule has 26 heavy (non-hydrogen) atoms. The molecule has 2 aromatic carbocycles. The summed E-state index contributed by atoms with van der Waals surface area (Å²) in [5.41, 5.74) is 2.21. The van der Waals surface area contributed by atoms with Gasteiger partial charge < -0.3 is 14.8 Å². The third-order valence-electron chi connectivity index (χ3n) is 4.16. The molecule has 0 aliphatic rings. The van der Waals surface area contributed by atoms with Crippen molar-refractivity contribution in [1.82, 2.24) is 5.32 Å². The first kappa shape index (κ1) is 19.5. The van der Waals surface area contributed by atoms with Crippen molar-refractivity contribution >= 4 is 11.7 Å². The van der Waals surface area contributed by atoms with Gasteiger partial charge in [-0.1, -0.05) is 26.0 Å². The van der Waals surface area contributed by atoms with Crippen LogP contribution in [0, 0.1) is 5.92 Å². The Balaban J connectivity index is 2.08. The maximum atomic E-state index is 12.5. The SMILES string of the molecule is COc1ccc(CNC(=O)c2ccc(OC)c(CC(=O)C(C)C)c2)cc1. The number of carbonyl (C=O) groups excluding carboxylic acids is 2. The third kappa shape index (κ3) is 5.09. The summed E-state index contributed by atoms with van der Waals surface area (Å²) in [6.07, 6.45) is 0.250. The molecule has 0 aliphatic carbocycles. The minimum atomic E-state index is -0.193. The number of hydrogen-bond donors (Lipinski definition) is 1. The summed E-state index contributed by atoms with van der Waals surface area (Å²) in [6, 6.07) is 12.7. The van der Waals surface area contributed by atoms with Crippen LogP contribution in [0.3, 0.4) is 0 Å². The molecule has 5 nitrogen and oxygen atoms in total. The van der Waals surface area contributed by atoms with E-state index in [4.69, 9.17) is 9.47 Å². The highest BCUT2D eigenvalue weighted by Gasteiger charge is 2.15. The summed E-state index contributed by atoms with van der Waals surface area (Å²) in [5.74, 6) is 1.24. The highest BCUT2D eigenvalue weighted by Crippen LogP contribution is 2.22. The molecular weight excluding hydrogens is 330 g/mol. The lowest BCUT2D eigenvalue weighted by molar-refractivity contribution is -0.121. The molecule has 2 aromatic rings. The summed E-state index contributed by atoms with van der Waals surface area (Å²) in [4.78, 5) is 24.5. The first-order valence-corrected chi connectivity index (χ1v) is 8.55. The van der Waals surface area contributed by atoms with Gasteiger partial charge in [-0.2, -0.15) is 0 Å². The largest absolute Gasteiger partial charge is 0.497 e. The second-order valence-corrected chi connectivity index (χ2v) is 6.36. The van der Waals surface area contributed by atoms with Gasteiger partial charge in [0.2, 0.25) is 0 Å². The molecule has 0 spiro atoms. The van der Waals surface area contributed by atoms with Crippen molar-refractivity contribution in [1.29, 1.82) is 0 Å². The van der Waals surface area contributed by atoms with Crippen molar-refractivity contribution in [3.8, 4) is 11.5 Å². The highest BCUT2D eigenvalue weighted by molar-refractivity contribution is 5.95. The molecule has 0 fully saturated rings. The lowest BCUT2D eigenvalue weighted by Gasteiger charge is -2.12. The first-order valence-electron chi connectivity index (χ1n) is 8.55. The number of nitrogens with one attached hydrogen (secondary N) is 1. The van der Waals surface area contributed by atoms with Gasteiger partial charge in [-0.05, 0) is 35.9 Å². The van der Waals surface area contributed by atoms with Crippen LogP contribution in [0.1, 0.15) is 35.3 Å². The Morgan fingerprint density at radius 3 is 2.27 bits per heavy atom. The van der Waals surface area contributed by atoms with E-state index in [0.717, 1.165) is 16.9 Å². The van der Waals surface area contributed by atoms with Crippen LogP contribution < -0.4 is 14.8 Å². The van der Waals surface area contributed by atoms with E-state index < -0.39 is 0 Å². The molecule has 1 N–H and O–H groups in total. The third-order valence-corrected chi connectivity index (χ3v) is 4.16. The van der Waals surface area contributed by atoms with E-state index in [1.807, 2.05) is 38.1 Å². The second-order valence-electron chi connectivity index (χ2n) is 6.36. The number of ether oxygens (including phenoxy) is 2. The van der Waals surface area contributed by atoms with Crippen molar-refractivity contribution < 1.29 is 19.1 Å². The van der Waals surface area contributed by atoms with Gasteiger partial charge in [-0.15, -0.1) is 0 Å². The maximum Gasteiger partial charge on any atom is 0.251 e. The average Bonchev–Trinajstić information content (AvgIpc) is 2.66. The van der Waals surface area contributed by atoms with Crippen molar-refractivity contribution in [2.45, 2.75) is 26.8 Å². The minimum absolute atomic E-state index is 0.0627. The van der Waals surface area contributed by atoms with Crippen LogP contribution in [0.4, 0.5) is 0 Å². The predicted octanol–water partition coefficient (Wildman–Crippen LogP) is 3.40. The molecule has 0 aromatic heterocycles. The van der Waals surface area contributed by atoms with Crippen LogP contribution in [0.15, 0.2) is 42.5 Å². The van der Waals surface area contributed by atoms with E-state index in [1.165, 1.54) is 0 Å². The fourth-order valence-electron chi connectivity index (χ4n) is 2.48. The monoisotopic (exact) mass is 355 g/mol. The Labute approximate surface area is 154 Å². The van der Waals surface area contributed by atoms with E-state index in [9.17, 15) is 9.59 Å². The average molecular weight is 355 g/mol. The lowest BCUT2D eigenvalue weighted by atomic mass is 9.98. The normalized spacial score (nSPS) is 10.5. The Kier molecular flexibility index (Phi) is 6.78. The van der Waals surface area contributed by atoms with Gasteiger partial charge in [-0.25, -0.2) is 0 Å². The Hall–Kier alpha value is -2.82. The molecule has 5 heteroatoms. The molecule has 0 radical (unpaired) electrons. The zero-order valence-electron chi connectivity index (χ0n) is 15.7. The number of methoxy groups -OCH3 is 2. The quantitative estimate of drug-likeness (QED) is 0.788. The molecule has 1 amide bonds. The molecule has 0 saturated heterocycles. The van der Waals surface area contributed by atoms with E-state index in [1.54, 1.807) is 32.4 Å². The number of benzene rings is 2. The molecule has 0 atom stereocenters. The van der Waals surface area contributed by atoms with Gasteiger partial charge in [0.25, 0.3) is 5.91 Å². The van der Waals surface area contributed by atoms with E-state index in [2.05, 4.69) is 5.32 Å². The van der Waals surface area contributed by atoms with Gasteiger partial charge in [0.05, 0.1) is 14.2 Å². The van der Waals surface area contributed by atoms with E-state index in [-0.39, 0.29) is 24.0 Å². The summed E-state index contributed by atoms with van der Waals surface area (Å²) >= 11 is 0. The molecule has 2 rings (SSSR count). The van der Waals surface area contributed by atoms with Crippen LogP contribution in [0.2, 0.25) is 0 Å². The number of amides is 1. The molecule has 0 bridgehead atoms. The number of Topliss-reactive ketones (excluding diaryl/α,β-unsaturated/α-hetero) is 1. The number of hydrogen-bond acceptors (Lipinski definition) is 4. The summed E-state index contributed by atoms with van der Waals surface area (Å²) in [5, 5.41) is 2.89. The first-order chi connectivity index (χ1) is 12.4. The predicted molar refractivity (Wildman–Crippen MR) is 101 cm³/mol. The number of ketones is 1. The molecule has 0 saturated carbocycles. The molecule has 0 aliphatic heterocycles. The van der Waals surface area contributed by atoms with Crippen LogP contribution >= 0.6 is 0 Å². The van der Waals surface area contributed by atoms with Crippen LogP contribution in [-0.2, 0) is 17.8 Å². The zero-order valence-corrected chi connectivity index (χ0v) is 15.7. The van der Waals surface area contributed by atoms with Crippen molar-refractivity contribution in [3.63, 3.8) is 0 Å². The standard InChI is InChI=1S/C21H25NO4/c1-14(2)19(23)12-17-11-16(7-10-20(17)26-4)21(24)22-13-15-5-8-18(25-3)9-6-15/h5-11,14H,12-13H2,1-4H3,(H,22,24). The van der Waals surface area contributed by atoms with Gasteiger partial charge in [0.1, 0.15) is 17.3 Å². The number of carbonyl (C=O) groups is 2. The smallest absolute Gasteiger partial charge is 0.251 e. The van der Waals surface area contributed by atoms with Crippen molar-refractivity contribution in [2.24, 2.45) is 5.92 Å². The fourth-order valence-corrected chi connectivity index (χ4v) is 2.48. The highest BCUT2D eigenvalue weighted by atomic mass is 16.5. The van der Waals surface area contributed by atoms with Crippen molar-refractivity contribution in [3.05, 3.63) is 59.2 Å². The maximum absolute atomic E-state index is 12.5. The molecule has 0 unspecified atom stereocenters. The van der Waals surface area contributed by atoms with Crippen LogP contribution in [0.5, 0.6) is 11.5 Å². The topological polar surface area (TPSA) is 64.6 Å². The minimum Gasteiger partial charge on any atom is -0.497 e. The van der Waals surface area contributed by atoms with Gasteiger partial charge >= 0.3 is 0 Å². The summed E-state index contributed by atoms with van der Waals surface area (Å²) in [6.45, 7) is 4.13. The van der Waals surface area contributed by atoms with Gasteiger partial charge in [0, 0.05) is 30.0 Å². The number of rotatable bonds is 8.